The summed E-state index contributed by atoms with van der Waals surface area (Å²) in [4.78, 5) is 5.27. The first-order valence-electron chi connectivity index (χ1n) is 13.4. The van der Waals surface area contributed by atoms with Gasteiger partial charge in [-0.1, -0.05) is 77.9 Å². The van der Waals surface area contributed by atoms with Crippen molar-refractivity contribution in [3.63, 3.8) is 0 Å². The molecular formula is C33H37N3. The molecule has 0 radical (unpaired) electrons. The van der Waals surface area contributed by atoms with Crippen LogP contribution >= 0.6 is 0 Å². The largest absolute Gasteiger partial charge is 0.292 e. The Morgan fingerprint density at radius 1 is 0.972 bits per heavy atom. The van der Waals surface area contributed by atoms with Crippen LogP contribution < -0.4 is 0 Å². The molecule has 4 aromatic rings. The zero-order valence-electron chi connectivity index (χ0n) is 22.5. The molecule has 0 N–H and O–H groups in total. The van der Waals surface area contributed by atoms with E-state index in [9.17, 15) is 5.26 Å². The Labute approximate surface area is 215 Å². The summed E-state index contributed by atoms with van der Waals surface area (Å²) in [6, 6.07) is 24.0. The molecule has 1 aliphatic rings. The minimum absolute atomic E-state index is 0.186. The van der Waals surface area contributed by atoms with Gasteiger partial charge in [0, 0.05) is 5.56 Å². The Balaban J connectivity index is 1.87. The Morgan fingerprint density at radius 3 is 2.14 bits per heavy atom. The van der Waals surface area contributed by atoms with E-state index in [4.69, 9.17) is 4.98 Å². The van der Waals surface area contributed by atoms with E-state index in [-0.39, 0.29) is 5.41 Å². The molecular weight excluding hydrogens is 438 g/mol. The highest BCUT2D eigenvalue weighted by atomic mass is 15.1. The van der Waals surface area contributed by atoms with Gasteiger partial charge >= 0.3 is 0 Å². The van der Waals surface area contributed by atoms with Crippen molar-refractivity contribution in [1.82, 2.24) is 9.55 Å². The Bertz CT molecular complexity index is 1440. The van der Waals surface area contributed by atoms with E-state index in [0.29, 0.717) is 17.8 Å². The zero-order valence-corrected chi connectivity index (χ0v) is 22.5. The van der Waals surface area contributed by atoms with Crippen LogP contribution in [0.1, 0.15) is 70.2 Å². The standard InChI is InChI=1S/C33H37N3/c1-21(2)15-25-17-24(20-34)18-26(16-22(3)4)31(25)36-30-14-10-9-13-29(30)35-32(36)27-11-7-8-12-28(27)33(6)19-23(33)5/h7-14,17-18,21-23H,15-16,19H2,1-6H3/t23-,33?/m0/s1. The highest BCUT2D eigenvalue weighted by molar-refractivity contribution is 5.85. The number of aromatic nitrogens is 2. The third kappa shape index (κ3) is 4.24. The van der Waals surface area contributed by atoms with Crippen molar-refractivity contribution >= 4 is 11.0 Å². The number of imidazole rings is 1. The van der Waals surface area contributed by atoms with Gasteiger partial charge in [0.1, 0.15) is 5.82 Å². The van der Waals surface area contributed by atoms with Gasteiger partial charge in [0.2, 0.25) is 0 Å². The van der Waals surface area contributed by atoms with Gasteiger partial charge in [-0.05, 0) is 83.4 Å². The van der Waals surface area contributed by atoms with Crippen LogP contribution in [0.4, 0.5) is 0 Å². The van der Waals surface area contributed by atoms with E-state index in [0.717, 1.165) is 35.3 Å². The highest BCUT2D eigenvalue weighted by Crippen LogP contribution is 2.56. The number of nitrogens with zero attached hydrogens (tertiary/aromatic N) is 3. The number of para-hydroxylation sites is 2. The maximum atomic E-state index is 9.87. The van der Waals surface area contributed by atoms with Crippen LogP contribution in [0.25, 0.3) is 28.1 Å². The van der Waals surface area contributed by atoms with Crippen LogP contribution in [0.2, 0.25) is 0 Å². The first-order valence-corrected chi connectivity index (χ1v) is 13.4. The van der Waals surface area contributed by atoms with Crippen molar-refractivity contribution in [2.24, 2.45) is 17.8 Å². The third-order valence-corrected chi connectivity index (χ3v) is 7.88. The first-order chi connectivity index (χ1) is 17.2. The summed E-state index contributed by atoms with van der Waals surface area (Å²) in [6.07, 6.45) is 3.04. The molecule has 3 nitrogen and oxygen atoms in total. The molecule has 1 fully saturated rings. The van der Waals surface area contributed by atoms with E-state index < -0.39 is 0 Å². The van der Waals surface area contributed by atoms with Gasteiger partial charge in [-0.2, -0.15) is 5.26 Å². The fourth-order valence-electron chi connectivity index (χ4n) is 5.86. The van der Waals surface area contributed by atoms with Gasteiger partial charge in [-0.15, -0.1) is 0 Å². The highest BCUT2D eigenvalue weighted by Gasteiger charge is 2.49. The molecule has 184 valence electrons. The van der Waals surface area contributed by atoms with Gasteiger partial charge < -0.3 is 0 Å². The Hall–Kier alpha value is -3.38. The predicted octanol–water partition coefficient (Wildman–Crippen LogP) is 8.26. The second kappa shape index (κ2) is 9.25. The van der Waals surface area contributed by atoms with Crippen molar-refractivity contribution in [2.75, 3.05) is 0 Å². The van der Waals surface area contributed by atoms with Crippen molar-refractivity contribution in [3.05, 3.63) is 82.9 Å². The topological polar surface area (TPSA) is 41.6 Å². The molecule has 3 aromatic carbocycles. The van der Waals surface area contributed by atoms with Crippen LogP contribution in [0.5, 0.6) is 0 Å². The van der Waals surface area contributed by atoms with E-state index in [1.807, 2.05) is 0 Å². The fourth-order valence-corrected chi connectivity index (χ4v) is 5.86. The average molecular weight is 476 g/mol. The molecule has 1 heterocycles. The molecule has 1 aliphatic carbocycles. The summed E-state index contributed by atoms with van der Waals surface area (Å²) in [5.74, 6) is 2.62. The number of hydrogen-bond acceptors (Lipinski definition) is 2. The summed E-state index contributed by atoms with van der Waals surface area (Å²) in [6.45, 7) is 13.7. The number of hydrogen-bond donors (Lipinski definition) is 0. The number of benzene rings is 3. The number of nitriles is 1. The second-order valence-electron chi connectivity index (χ2n) is 11.8. The lowest BCUT2D eigenvalue weighted by atomic mass is 9.90. The SMILES string of the molecule is CC(C)Cc1cc(C#N)cc(CC(C)C)c1-n1c(-c2ccccc2C2(C)C[C@@H]2C)nc2ccccc21. The van der Waals surface area contributed by atoms with E-state index in [1.54, 1.807) is 0 Å². The molecule has 1 saturated carbocycles. The lowest BCUT2D eigenvalue weighted by Gasteiger charge is -2.23. The van der Waals surface area contributed by atoms with Crippen LogP contribution in [0.3, 0.4) is 0 Å². The summed E-state index contributed by atoms with van der Waals surface area (Å²) in [5.41, 5.74) is 9.34. The van der Waals surface area contributed by atoms with Crippen LogP contribution in [0, 0.1) is 29.1 Å². The molecule has 1 aromatic heterocycles. The van der Waals surface area contributed by atoms with Crippen molar-refractivity contribution in [3.8, 4) is 23.1 Å². The molecule has 0 bridgehead atoms. The van der Waals surface area contributed by atoms with Gasteiger partial charge in [0.25, 0.3) is 0 Å². The average Bonchev–Trinajstić information content (AvgIpc) is 3.29. The van der Waals surface area contributed by atoms with Crippen LogP contribution in [-0.4, -0.2) is 9.55 Å². The molecule has 36 heavy (non-hydrogen) atoms. The maximum absolute atomic E-state index is 9.87. The van der Waals surface area contributed by atoms with Crippen molar-refractivity contribution in [2.45, 2.75) is 66.2 Å². The Kier molecular flexibility index (Phi) is 6.25. The van der Waals surface area contributed by atoms with Crippen molar-refractivity contribution in [1.29, 1.82) is 5.26 Å². The molecule has 0 amide bonds. The molecule has 5 rings (SSSR count). The molecule has 3 heteroatoms. The quantitative estimate of drug-likeness (QED) is 0.270. The van der Waals surface area contributed by atoms with Crippen molar-refractivity contribution < 1.29 is 0 Å². The summed E-state index contributed by atoms with van der Waals surface area (Å²) in [7, 11) is 0. The van der Waals surface area contributed by atoms with Gasteiger partial charge in [-0.3, -0.25) is 4.57 Å². The van der Waals surface area contributed by atoms with E-state index in [1.165, 1.54) is 34.4 Å². The molecule has 0 aliphatic heterocycles. The number of rotatable bonds is 7. The van der Waals surface area contributed by atoms with Gasteiger partial charge in [-0.25, -0.2) is 4.98 Å². The summed E-state index contributed by atoms with van der Waals surface area (Å²) in [5, 5.41) is 9.87. The predicted molar refractivity (Wildman–Crippen MR) is 149 cm³/mol. The molecule has 2 atom stereocenters. The Morgan fingerprint density at radius 2 is 1.56 bits per heavy atom. The monoisotopic (exact) mass is 475 g/mol. The molecule has 0 saturated heterocycles. The first kappa shape index (κ1) is 24.3. The molecule has 0 spiro atoms. The second-order valence-corrected chi connectivity index (χ2v) is 11.8. The normalized spacial score (nSPS) is 19.2. The number of fused-ring (bicyclic) bond motifs is 1. The summed E-state index contributed by atoms with van der Waals surface area (Å²) < 4.78 is 2.40. The minimum Gasteiger partial charge on any atom is -0.292 e. The zero-order chi connectivity index (χ0) is 25.6. The van der Waals surface area contributed by atoms with Crippen LogP contribution in [0.15, 0.2) is 60.7 Å². The maximum Gasteiger partial charge on any atom is 0.146 e. The smallest absolute Gasteiger partial charge is 0.146 e. The summed E-state index contributed by atoms with van der Waals surface area (Å²) >= 11 is 0. The van der Waals surface area contributed by atoms with E-state index in [2.05, 4.69) is 113 Å². The lowest BCUT2D eigenvalue weighted by Crippen LogP contribution is -2.12. The third-order valence-electron chi connectivity index (χ3n) is 7.88. The molecule has 1 unspecified atom stereocenters. The lowest BCUT2D eigenvalue weighted by molar-refractivity contribution is 0.631. The van der Waals surface area contributed by atoms with Gasteiger partial charge in [0.05, 0.1) is 28.4 Å². The minimum atomic E-state index is 0.186. The van der Waals surface area contributed by atoms with E-state index >= 15 is 0 Å². The fraction of sp³-hybridized carbons (Fsp3) is 0.394. The van der Waals surface area contributed by atoms with Crippen LogP contribution in [-0.2, 0) is 18.3 Å². The van der Waals surface area contributed by atoms with Gasteiger partial charge in [0.15, 0.2) is 0 Å².